The summed E-state index contributed by atoms with van der Waals surface area (Å²) in [4.78, 5) is 15.0. The summed E-state index contributed by atoms with van der Waals surface area (Å²) in [5.41, 5.74) is 3.64. The molecule has 0 radical (unpaired) electrons. The molecule has 8 heteroatoms. The fourth-order valence-electron chi connectivity index (χ4n) is 2.86. The molecule has 0 aliphatic heterocycles. The Hall–Kier alpha value is -3.70. The second-order valence-electron chi connectivity index (χ2n) is 5.93. The summed E-state index contributed by atoms with van der Waals surface area (Å²) in [6.45, 7) is 0. The lowest BCUT2D eigenvalue weighted by molar-refractivity contribution is 0.881. The van der Waals surface area contributed by atoms with Crippen LogP contribution in [0.15, 0.2) is 70.5 Å². The molecule has 0 saturated carbocycles. The Kier molecular flexibility index (Phi) is 4.99. The predicted molar refractivity (Wildman–Crippen MR) is 106 cm³/mol. The zero-order chi connectivity index (χ0) is 19.3. The average molecular weight is 386 g/mol. The third kappa shape index (κ3) is 3.70. The molecule has 0 aliphatic carbocycles. The number of pyridine rings is 1. The van der Waals surface area contributed by atoms with E-state index in [4.69, 9.17) is 0 Å². The summed E-state index contributed by atoms with van der Waals surface area (Å²) in [5, 5.41) is 23.9. The summed E-state index contributed by atoms with van der Waals surface area (Å²) in [5.74, 6) is 0.875. The van der Waals surface area contributed by atoms with Crippen molar-refractivity contribution < 1.29 is 0 Å². The Labute approximate surface area is 164 Å². The lowest BCUT2D eigenvalue weighted by Crippen LogP contribution is -2.08. The molecule has 4 aromatic rings. The molecule has 4 rings (SSSR count). The van der Waals surface area contributed by atoms with Gasteiger partial charge in [-0.15, -0.1) is 10.2 Å². The second-order valence-corrected chi connectivity index (χ2v) is 6.91. The number of nitrogens with zero attached hydrogens (tertiary/aromatic N) is 4. The van der Waals surface area contributed by atoms with Crippen LogP contribution in [-0.2, 0) is 5.75 Å². The number of rotatable bonds is 5. The van der Waals surface area contributed by atoms with Crippen LogP contribution in [0.4, 0.5) is 0 Å². The van der Waals surface area contributed by atoms with Crippen molar-refractivity contribution >= 4 is 11.8 Å². The Morgan fingerprint density at radius 1 is 1.00 bits per heavy atom. The van der Waals surface area contributed by atoms with Crippen LogP contribution in [0.5, 0.6) is 0 Å². The normalized spacial score (nSPS) is 10.5. The van der Waals surface area contributed by atoms with E-state index in [1.807, 2.05) is 54.6 Å². The fraction of sp³-hybridized carbons (Fsp3) is 0.0500. The molecule has 2 aromatic carbocycles. The quantitative estimate of drug-likeness (QED) is 0.509. The SMILES string of the molecule is N#Cc1c(-c2cccc(-c3ccccc3)c2)cc(=O)[nH]c1SCc1nn[nH]n1. The van der Waals surface area contributed by atoms with E-state index in [0.29, 0.717) is 27.7 Å². The summed E-state index contributed by atoms with van der Waals surface area (Å²) >= 11 is 1.29. The molecule has 0 saturated heterocycles. The van der Waals surface area contributed by atoms with Crippen LogP contribution in [0.2, 0.25) is 0 Å². The number of H-pyrrole nitrogens is 2. The highest BCUT2D eigenvalue weighted by molar-refractivity contribution is 7.98. The molecule has 2 heterocycles. The van der Waals surface area contributed by atoms with Gasteiger partial charge < -0.3 is 4.98 Å². The minimum atomic E-state index is -0.269. The summed E-state index contributed by atoms with van der Waals surface area (Å²) in [6.07, 6.45) is 0. The highest BCUT2D eigenvalue weighted by Gasteiger charge is 2.14. The molecule has 0 amide bonds. The number of aromatic nitrogens is 5. The lowest BCUT2D eigenvalue weighted by Gasteiger charge is -2.10. The van der Waals surface area contributed by atoms with Gasteiger partial charge in [0, 0.05) is 11.6 Å². The third-order valence-electron chi connectivity index (χ3n) is 4.14. The van der Waals surface area contributed by atoms with Gasteiger partial charge in [-0.25, -0.2) is 0 Å². The van der Waals surface area contributed by atoms with Gasteiger partial charge in [-0.2, -0.15) is 10.5 Å². The minimum absolute atomic E-state index is 0.269. The molecule has 0 bridgehead atoms. The molecule has 0 aliphatic rings. The maximum Gasteiger partial charge on any atom is 0.249 e. The zero-order valence-electron chi connectivity index (χ0n) is 14.6. The number of nitrogens with one attached hydrogen (secondary N) is 2. The van der Waals surface area contributed by atoms with Crippen molar-refractivity contribution in [3.05, 3.63) is 82.4 Å². The Morgan fingerprint density at radius 2 is 1.79 bits per heavy atom. The van der Waals surface area contributed by atoms with Gasteiger partial charge in [0.05, 0.1) is 16.3 Å². The van der Waals surface area contributed by atoms with Gasteiger partial charge in [0.25, 0.3) is 0 Å². The Morgan fingerprint density at radius 3 is 2.54 bits per heavy atom. The first-order valence-electron chi connectivity index (χ1n) is 8.43. The van der Waals surface area contributed by atoms with Crippen molar-refractivity contribution in [3.8, 4) is 28.3 Å². The topological polar surface area (TPSA) is 111 Å². The van der Waals surface area contributed by atoms with E-state index < -0.39 is 0 Å². The van der Waals surface area contributed by atoms with Gasteiger partial charge in [0.2, 0.25) is 5.56 Å². The molecule has 2 N–H and O–H groups in total. The van der Waals surface area contributed by atoms with Gasteiger partial charge in [-0.1, -0.05) is 65.5 Å². The fourth-order valence-corrected chi connectivity index (χ4v) is 3.73. The van der Waals surface area contributed by atoms with Crippen molar-refractivity contribution in [1.82, 2.24) is 25.6 Å². The first-order valence-corrected chi connectivity index (χ1v) is 9.41. The zero-order valence-corrected chi connectivity index (χ0v) is 15.4. The van der Waals surface area contributed by atoms with Crippen LogP contribution in [0, 0.1) is 11.3 Å². The highest BCUT2D eigenvalue weighted by atomic mass is 32.2. The molecule has 0 spiro atoms. The van der Waals surface area contributed by atoms with Crippen LogP contribution in [-0.4, -0.2) is 25.6 Å². The lowest BCUT2D eigenvalue weighted by atomic mass is 9.97. The number of hydrogen-bond acceptors (Lipinski definition) is 6. The van der Waals surface area contributed by atoms with E-state index >= 15 is 0 Å². The van der Waals surface area contributed by atoms with Crippen LogP contribution < -0.4 is 5.56 Å². The van der Waals surface area contributed by atoms with Crippen molar-refractivity contribution in [3.63, 3.8) is 0 Å². The van der Waals surface area contributed by atoms with Gasteiger partial charge in [-0.3, -0.25) is 4.79 Å². The number of nitriles is 1. The summed E-state index contributed by atoms with van der Waals surface area (Å²) in [7, 11) is 0. The van der Waals surface area contributed by atoms with Crippen LogP contribution in [0.25, 0.3) is 22.3 Å². The average Bonchev–Trinajstić information content (AvgIpc) is 3.26. The van der Waals surface area contributed by atoms with Crippen molar-refractivity contribution in [2.24, 2.45) is 0 Å². The van der Waals surface area contributed by atoms with Gasteiger partial charge >= 0.3 is 0 Å². The molecule has 136 valence electrons. The number of benzene rings is 2. The standard InChI is InChI=1S/C20H14N6OS/c21-11-17-16(10-19(27)22-20(17)28-12-18-23-25-26-24-18)15-8-4-7-14(9-15)13-5-2-1-3-6-13/h1-10H,12H2,(H,22,27)(H,23,24,25,26). The third-order valence-corrected chi connectivity index (χ3v) is 5.13. The van der Waals surface area contributed by atoms with Gasteiger partial charge in [0.15, 0.2) is 5.82 Å². The smallest absolute Gasteiger partial charge is 0.249 e. The molecule has 2 aromatic heterocycles. The Balaban J connectivity index is 1.75. The monoisotopic (exact) mass is 386 g/mol. The van der Waals surface area contributed by atoms with Gasteiger partial charge in [0.1, 0.15) is 6.07 Å². The van der Waals surface area contributed by atoms with Crippen molar-refractivity contribution in [2.75, 3.05) is 0 Å². The van der Waals surface area contributed by atoms with E-state index in [2.05, 4.69) is 31.7 Å². The second kappa shape index (κ2) is 7.90. The van der Waals surface area contributed by atoms with Gasteiger partial charge in [-0.05, 0) is 22.8 Å². The maximum atomic E-state index is 12.2. The van der Waals surface area contributed by atoms with Crippen LogP contribution >= 0.6 is 11.8 Å². The van der Waals surface area contributed by atoms with E-state index in [1.165, 1.54) is 17.8 Å². The molecule has 0 fully saturated rings. The highest BCUT2D eigenvalue weighted by Crippen LogP contribution is 2.32. The largest absolute Gasteiger partial charge is 0.316 e. The number of thioether (sulfide) groups is 1. The molecule has 28 heavy (non-hydrogen) atoms. The van der Waals surface area contributed by atoms with Crippen LogP contribution in [0.1, 0.15) is 11.4 Å². The molecule has 0 atom stereocenters. The molecular formula is C20H14N6OS. The summed E-state index contributed by atoms with van der Waals surface area (Å²) < 4.78 is 0. The summed E-state index contributed by atoms with van der Waals surface area (Å²) in [6, 6.07) is 21.5. The molecule has 0 unspecified atom stereocenters. The number of tetrazole rings is 1. The van der Waals surface area contributed by atoms with Crippen molar-refractivity contribution in [1.29, 1.82) is 5.26 Å². The first-order chi connectivity index (χ1) is 13.7. The number of hydrogen-bond donors (Lipinski definition) is 2. The number of aromatic amines is 2. The van der Waals surface area contributed by atoms with E-state index in [9.17, 15) is 10.1 Å². The molecule has 7 nitrogen and oxygen atoms in total. The molecular weight excluding hydrogens is 372 g/mol. The first kappa shape index (κ1) is 17.7. The predicted octanol–water partition coefficient (Wildman–Crippen LogP) is 3.39. The van der Waals surface area contributed by atoms with E-state index in [1.54, 1.807) is 0 Å². The van der Waals surface area contributed by atoms with Crippen molar-refractivity contribution in [2.45, 2.75) is 10.8 Å². The Bertz CT molecular complexity index is 1200. The minimum Gasteiger partial charge on any atom is -0.316 e. The van der Waals surface area contributed by atoms with Crippen LogP contribution in [0.3, 0.4) is 0 Å². The van der Waals surface area contributed by atoms with E-state index in [0.717, 1.165) is 16.7 Å². The maximum absolute atomic E-state index is 12.2. The van der Waals surface area contributed by atoms with E-state index in [-0.39, 0.29) is 5.56 Å².